The molecule has 3 aromatic rings. The summed E-state index contributed by atoms with van der Waals surface area (Å²) >= 11 is 0. The van der Waals surface area contributed by atoms with Crippen LogP contribution in [0.4, 0.5) is 5.82 Å². The minimum absolute atomic E-state index is 0.194. The number of anilines is 1. The highest BCUT2D eigenvalue weighted by Crippen LogP contribution is 2.36. The topological polar surface area (TPSA) is 65.3 Å². The fourth-order valence-corrected chi connectivity index (χ4v) is 5.05. The van der Waals surface area contributed by atoms with Crippen LogP contribution in [0.3, 0.4) is 0 Å². The maximum absolute atomic E-state index is 6.48. The van der Waals surface area contributed by atoms with Gasteiger partial charge in [-0.15, -0.1) is 0 Å². The number of imidazole rings is 1. The van der Waals surface area contributed by atoms with Gasteiger partial charge in [-0.1, -0.05) is 0 Å². The van der Waals surface area contributed by atoms with Gasteiger partial charge in [-0.25, -0.2) is 4.98 Å². The second kappa shape index (κ2) is 6.99. The van der Waals surface area contributed by atoms with Crippen molar-refractivity contribution in [2.75, 3.05) is 18.1 Å². The van der Waals surface area contributed by atoms with Gasteiger partial charge in [0.25, 0.3) is 0 Å². The van der Waals surface area contributed by atoms with Crippen LogP contribution in [0.15, 0.2) is 43.1 Å². The second-order valence-corrected chi connectivity index (χ2v) is 8.41. The Bertz CT molecular complexity index is 1000. The smallest absolute Gasteiger partial charge is 0.225 e. The summed E-state index contributed by atoms with van der Waals surface area (Å²) in [6, 6.07) is 7.06. The lowest BCUT2D eigenvalue weighted by Crippen LogP contribution is -2.37. The Hall–Kier alpha value is -2.67. The van der Waals surface area contributed by atoms with E-state index in [1.165, 1.54) is 0 Å². The first-order valence-corrected chi connectivity index (χ1v) is 10.6. The summed E-state index contributed by atoms with van der Waals surface area (Å²) in [6.07, 6.45) is 13.6. The Kier molecular flexibility index (Phi) is 4.15. The molecule has 5 heterocycles. The fraction of sp³-hybridized carbons (Fsp3) is 0.500. The highest BCUT2D eigenvalue weighted by molar-refractivity contribution is 5.85. The minimum Gasteiger partial charge on any atom is -0.474 e. The standard InChI is InChI=1S/C22H25N5O2/c1-2-19-20(24-7-1)11-21(27-12-18-10-16(27)13-28-18)25-22(19)29-17-5-3-15(4-6-17)26-9-8-23-14-26/h1-2,7-9,11,14-18H,3-6,10,12-13H2. The van der Waals surface area contributed by atoms with Gasteiger partial charge in [0, 0.05) is 37.2 Å². The lowest BCUT2D eigenvalue weighted by atomic mass is 9.93. The quantitative estimate of drug-likeness (QED) is 0.679. The summed E-state index contributed by atoms with van der Waals surface area (Å²) in [4.78, 5) is 16.1. The van der Waals surface area contributed by atoms with E-state index in [1.54, 1.807) is 0 Å². The van der Waals surface area contributed by atoms with Crippen molar-refractivity contribution in [1.82, 2.24) is 19.5 Å². The van der Waals surface area contributed by atoms with E-state index >= 15 is 0 Å². The predicted octanol–water partition coefficient (Wildman–Crippen LogP) is 3.37. The zero-order valence-corrected chi connectivity index (χ0v) is 16.4. The molecular formula is C22H25N5O2. The van der Waals surface area contributed by atoms with E-state index in [1.807, 2.05) is 24.8 Å². The number of hydrogen-bond donors (Lipinski definition) is 0. The van der Waals surface area contributed by atoms with Crippen molar-refractivity contribution in [3.63, 3.8) is 0 Å². The predicted molar refractivity (Wildman–Crippen MR) is 109 cm³/mol. The number of ether oxygens (including phenoxy) is 2. The number of aromatic nitrogens is 4. The van der Waals surface area contributed by atoms with E-state index in [9.17, 15) is 0 Å². The summed E-state index contributed by atoms with van der Waals surface area (Å²) in [7, 11) is 0. The fourth-order valence-electron chi connectivity index (χ4n) is 5.05. The SMILES string of the molecule is c1cnc2cc(N3CC4CC3CO4)nc(OC3CCC(n4ccnc4)CC3)c2c1. The normalized spacial score (nSPS) is 28.9. The van der Waals surface area contributed by atoms with Gasteiger partial charge in [0.1, 0.15) is 11.9 Å². The van der Waals surface area contributed by atoms with Crippen molar-refractivity contribution < 1.29 is 9.47 Å². The molecular weight excluding hydrogens is 366 g/mol. The van der Waals surface area contributed by atoms with Gasteiger partial charge in [0.15, 0.2) is 0 Å². The molecule has 2 saturated heterocycles. The third-order valence-corrected chi connectivity index (χ3v) is 6.61. The van der Waals surface area contributed by atoms with Gasteiger partial charge in [-0.05, 0) is 44.2 Å². The molecule has 7 heteroatoms. The maximum atomic E-state index is 6.48. The number of hydrogen-bond acceptors (Lipinski definition) is 6. The Balaban J connectivity index is 1.25. The molecule has 0 spiro atoms. The highest BCUT2D eigenvalue weighted by Gasteiger charge is 2.40. The van der Waals surface area contributed by atoms with Crippen LogP contribution in [-0.2, 0) is 4.74 Å². The molecule has 0 aromatic carbocycles. The lowest BCUT2D eigenvalue weighted by Gasteiger charge is -2.31. The molecule has 3 fully saturated rings. The lowest BCUT2D eigenvalue weighted by molar-refractivity contribution is 0.0986. The molecule has 2 aliphatic heterocycles. The van der Waals surface area contributed by atoms with E-state index in [2.05, 4.69) is 37.8 Å². The monoisotopic (exact) mass is 391 g/mol. The molecule has 2 unspecified atom stereocenters. The first kappa shape index (κ1) is 17.2. The third kappa shape index (κ3) is 3.13. The van der Waals surface area contributed by atoms with Crippen LogP contribution in [0.2, 0.25) is 0 Å². The Morgan fingerprint density at radius 2 is 2.03 bits per heavy atom. The zero-order chi connectivity index (χ0) is 19.2. The van der Waals surface area contributed by atoms with Crippen LogP contribution in [0, 0.1) is 0 Å². The summed E-state index contributed by atoms with van der Waals surface area (Å²) in [6.45, 7) is 1.70. The molecule has 150 valence electrons. The van der Waals surface area contributed by atoms with E-state index < -0.39 is 0 Å². The number of morpholine rings is 1. The highest BCUT2D eigenvalue weighted by atomic mass is 16.5. The van der Waals surface area contributed by atoms with Crippen LogP contribution >= 0.6 is 0 Å². The average molecular weight is 391 g/mol. The molecule has 6 rings (SSSR count). The number of rotatable bonds is 4. The largest absolute Gasteiger partial charge is 0.474 e. The summed E-state index contributed by atoms with van der Waals surface area (Å²) < 4.78 is 14.5. The summed E-state index contributed by atoms with van der Waals surface area (Å²) in [5.74, 6) is 1.69. The van der Waals surface area contributed by atoms with Crippen molar-refractivity contribution in [1.29, 1.82) is 0 Å². The molecule has 7 nitrogen and oxygen atoms in total. The van der Waals surface area contributed by atoms with Crippen molar-refractivity contribution in [3.8, 4) is 5.88 Å². The molecule has 1 aliphatic carbocycles. The van der Waals surface area contributed by atoms with Gasteiger partial charge in [0.2, 0.25) is 5.88 Å². The third-order valence-electron chi connectivity index (χ3n) is 6.61. The van der Waals surface area contributed by atoms with Crippen LogP contribution in [0.5, 0.6) is 5.88 Å². The molecule has 29 heavy (non-hydrogen) atoms. The molecule has 0 N–H and O–H groups in total. The van der Waals surface area contributed by atoms with E-state index in [0.717, 1.165) is 67.9 Å². The van der Waals surface area contributed by atoms with Crippen molar-refractivity contribution in [3.05, 3.63) is 43.1 Å². The molecule has 0 amide bonds. The minimum atomic E-state index is 0.194. The van der Waals surface area contributed by atoms with Crippen molar-refractivity contribution in [2.24, 2.45) is 0 Å². The van der Waals surface area contributed by atoms with Crippen LogP contribution < -0.4 is 9.64 Å². The van der Waals surface area contributed by atoms with Crippen LogP contribution in [-0.4, -0.2) is 50.9 Å². The van der Waals surface area contributed by atoms with Gasteiger partial charge in [0.05, 0.1) is 36.0 Å². The average Bonchev–Trinajstić information content (AvgIpc) is 3.53. The van der Waals surface area contributed by atoms with E-state index in [-0.39, 0.29) is 6.10 Å². The Morgan fingerprint density at radius 3 is 2.79 bits per heavy atom. The molecule has 2 atom stereocenters. The van der Waals surface area contributed by atoms with Gasteiger partial charge < -0.3 is 18.9 Å². The summed E-state index contributed by atoms with van der Waals surface area (Å²) in [5, 5.41) is 0.994. The molecule has 3 aromatic heterocycles. The first-order chi connectivity index (χ1) is 14.3. The number of pyridine rings is 2. The maximum Gasteiger partial charge on any atom is 0.225 e. The van der Waals surface area contributed by atoms with Gasteiger partial charge in [-0.3, -0.25) is 4.98 Å². The Labute approximate surface area is 169 Å². The molecule has 1 saturated carbocycles. The second-order valence-electron chi connectivity index (χ2n) is 8.41. The molecule has 3 aliphatic rings. The van der Waals surface area contributed by atoms with Crippen LogP contribution in [0.25, 0.3) is 10.9 Å². The number of nitrogens with zero attached hydrogens (tertiary/aromatic N) is 5. The van der Waals surface area contributed by atoms with Gasteiger partial charge in [-0.2, -0.15) is 4.98 Å². The first-order valence-electron chi connectivity index (χ1n) is 10.6. The van der Waals surface area contributed by atoms with Crippen molar-refractivity contribution >= 4 is 16.7 Å². The zero-order valence-electron chi connectivity index (χ0n) is 16.4. The van der Waals surface area contributed by atoms with Crippen LogP contribution in [0.1, 0.15) is 38.1 Å². The Morgan fingerprint density at radius 1 is 1.10 bits per heavy atom. The molecule has 0 radical (unpaired) electrons. The number of fused-ring (bicyclic) bond motifs is 3. The summed E-state index contributed by atoms with van der Waals surface area (Å²) in [5.41, 5.74) is 0.947. The van der Waals surface area contributed by atoms with Gasteiger partial charge >= 0.3 is 0 Å². The van der Waals surface area contributed by atoms with Crippen molar-refractivity contribution in [2.45, 2.75) is 56.4 Å². The van der Waals surface area contributed by atoms with E-state index in [4.69, 9.17) is 14.5 Å². The molecule has 2 bridgehead atoms. The van der Waals surface area contributed by atoms with E-state index in [0.29, 0.717) is 18.2 Å².